The molecule has 2 bridgehead atoms. The zero-order valence-electron chi connectivity index (χ0n) is 15.6. The molecule has 2 unspecified atom stereocenters. The van der Waals surface area contributed by atoms with E-state index in [1.807, 2.05) is 48.5 Å². The predicted molar refractivity (Wildman–Crippen MR) is 106 cm³/mol. The smallest absolute Gasteiger partial charge is 0.411 e. The van der Waals surface area contributed by atoms with Gasteiger partial charge in [0.15, 0.2) is 0 Å². The van der Waals surface area contributed by atoms with Gasteiger partial charge in [-0.3, -0.25) is 5.32 Å². The largest absolute Gasteiger partial charge is 0.496 e. The molecule has 4 rings (SSSR count). The van der Waals surface area contributed by atoms with Gasteiger partial charge in [-0.15, -0.1) is 0 Å². The number of nitrogens with one attached hydrogen (secondary N) is 2. The maximum Gasteiger partial charge on any atom is 0.411 e. The lowest BCUT2D eigenvalue weighted by atomic mass is 9.93. The molecule has 2 N–H and O–H groups in total. The third-order valence-corrected chi connectivity index (χ3v) is 5.58. The first-order valence-corrected chi connectivity index (χ1v) is 9.65. The van der Waals surface area contributed by atoms with E-state index in [9.17, 15) is 4.79 Å². The maximum absolute atomic E-state index is 12.4. The number of amides is 1. The van der Waals surface area contributed by atoms with E-state index in [0.29, 0.717) is 24.6 Å². The Morgan fingerprint density at radius 2 is 1.70 bits per heavy atom. The van der Waals surface area contributed by atoms with Crippen molar-refractivity contribution >= 4 is 11.8 Å². The van der Waals surface area contributed by atoms with Crippen molar-refractivity contribution in [2.45, 2.75) is 37.8 Å². The number of fused-ring (bicyclic) bond motifs is 2. The van der Waals surface area contributed by atoms with Crippen molar-refractivity contribution in [1.29, 1.82) is 0 Å². The molecule has 0 radical (unpaired) electrons. The quantitative estimate of drug-likeness (QED) is 0.821. The second kappa shape index (κ2) is 8.01. The van der Waals surface area contributed by atoms with Crippen LogP contribution in [0.5, 0.6) is 5.75 Å². The number of ether oxygens (including phenoxy) is 2. The van der Waals surface area contributed by atoms with Crippen LogP contribution >= 0.6 is 0 Å². The summed E-state index contributed by atoms with van der Waals surface area (Å²) in [6.45, 7) is 0.483. The third kappa shape index (κ3) is 4.08. The number of rotatable bonds is 5. The number of anilines is 1. The minimum atomic E-state index is -0.400. The molecule has 142 valence electrons. The van der Waals surface area contributed by atoms with Crippen LogP contribution in [-0.2, 0) is 4.74 Å². The SMILES string of the molecule is COc1ccccc1-c1ccccc1NC(=O)OCC1CC2CCC(C1)N2. The van der Waals surface area contributed by atoms with Gasteiger partial charge in [0.2, 0.25) is 0 Å². The lowest BCUT2D eigenvalue weighted by Gasteiger charge is -2.28. The minimum absolute atomic E-state index is 0.400. The number of para-hydroxylation sites is 2. The van der Waals surface area contributed by atoms with Gasteiger partial charge in [-0.2, -0.15) is 0 Å². The molecular formula is C22H26N2O3. The second-order valence-electron chi connectivity index (χ2n) is 7.44. The molecule has 5 heteroatoms. The van der Waals surface area contributed by atoms with Crippen LogP contribution in [0.25, 0.3) is 11.1 Å². The summed E-state index contributed by atoms with van der Waals surface area (Å²) in [6, 6.07) is 16.7. The molecule has 0 aliphatic carbocycles. The summed E-state index contributed by atoms with van der Waals surface area (Å²) in [7, 11) is 1.65. The van der Waals surface area contributed by atoms with Gasteiger partial charge in [0.25, 0.3) is 0 Å². The van der Waals surface area contributed by atoms with Crippen LogP contribution in [0.3, 0.4) is 0 Å². The van der Waals surface area contributed by atoms with Crippen molar-refractivity contribution in [3.05, 3.63) is 48.5 Å². The highest BCUT2D eigenvalue weighted by Gasteiger charge is 2.33. The zero-order valence-corrected chi connectivity index (χ0v) is 15.6. The molecule has 27 heavy (non-hydrogen) atoms. The van der Waals surface area contributed by atoms with Crippen molar-refractivity contribution in [2.75, 3.05) is 19.0 Å². The first-order valence-electron chi connectivity index (χ1n) is 9.65. The topological polar surface area (TPSA) is 59.6 Å². The van der Waals surface area contributed by atoms with Crippen molar-refractivity contribution < 1.29 is 14.3 Å². The first-order chi connectivity index (χ1) is 13.2. The summed E-state index contributed by atoms with van der Waals surface area (Å²) in [5, 5.41) is 6.52. The third-order valence-electron chi connectivity index (χ3n) is 5.58. The van der Waals surface area contributed by atoms with Gasteiger partial charge in [-0.05, 0) is 43.7 Å². The second-order valence-corrected chi connectivity index (χ2v) is 7.44. The molecule has 2 aliphatic heterocycles. The molecule has 5 nitrogen and oxygen atoms in total. The highest BCUT2D eigenvalue weighted by Crippen LogP contribution is 2.35. The number of piperidine rings is 1. The Morgan fingerprint density at radius 1 is 1.04 bits per heavy atom. The van der Waals surface area contributed by atoms with Gasteiger partial charge in [0.1, 0.15) is 5.75 Å². The van der Waals surface area contributed by atoms with Crippen LogP contribution in [-0.4, -0.2) is 31.9 Å². The van der Waals surface area contributed by atoms with Crippen LogP contribution in [0.1, 0.15) is 25.7 Å². The fourth-order valence-electron chi connectivity index (χ4n) is 4.34. The number of benzene rings is 2. The summed E-state index contributed by atoms with van der Waals surface area (Å²) >= 11 is 0. The standard InChI is InChI=1S/C22H26N2O3/c1-26-21-9-5-3-7-19(21)18-6-2-4-8-20(18)24-22(25)27-14-15-12-16-10-11-17(13-15)23-16/h2-9,15-17,23H,10-14H2,1H3,(H,24,25). The summed E-state index contributed by atoms with van der Waals surface area (Å²) in [4.78, 5) is 12.4. The van der Waals surface area contributed by atoms with Gasteiger partial charge >= 0.3 is 6.09 Å². The molecule has 0 spiro atoms. The van der Waals surface area contributed by atoms with Crippen molar-refractivity contribution in [3.8, 4) is 16.9 Å². The van der Waals surface area contributed by atoms with E-state index in [1.165, 1.54) is 12.8 Å². The lowest BCUT2D eigenvalue weighted by Crippen LogP contribution is -2.39. The number of methoxy groups -OCH3 is 1. The van der Waals surface area contributed by atoms with Gasteiger partial charge in [-0.25, -0.2) is 4.79 Å². The molecule has 2 heterocycles. The Bertz CT molecular complexity index is 796. The zero-order chi connectivity index (χ0) is 18.6. The molecule has 2 aliphatic rings. The van der Waals surface area contributed by atoms with Crippen LogP contribution in [0.2, 0.25) is 0 Å². The molecule has 2 aromatic carbocycles. The van der Waals surface area contributed by atoms with Crippen molar-refractivity contribution in [2.24, 2.45) is 5.92 Å². The maximum atomic E-state index is 12.4. The number of hydrogen-bond donors (Lipinski definition) is 2. The molecule has 2 fully saturated rings. The van der Waals surface area contributed by atoms with Crippen molar-refractivity contribution in [1.82, 2.24) is 5.32 Å². The Balaban J connectivity index is 1.41. The van der Waals surface area contributed by atoms with E-state index >= 15 is 0 Å². The Morgan fingerprint density at radius 3 is 2.44 bits per heavy atom. The monoisotopic (exact) mass is 366 g/mol. The number of hydrogen-bond acceptors (Lipinski definition) is 4. The highest BCUT2D eigenvalue weighted by molar-refractivity contribution is 5.92. The molecule has 2 aromatic rings. The van der Waals surface area contributed by atoms with E-state index in [0.717, 1.165) is 35.4 Å². The Hall–Kier alpha value is -2.53. The number of carbonyl (C=O) groups excluding carboxylic acids is 1. The summed E-state index contributed by atoms with van der Waals surface area (Å²) in [6.07, 6.45) is 4.30. The average molecular weight is 366 g/mol. The first kappa shape index (κ1) is 17.9. The van der Waals surface area contributed by atoms with Gasteiger partial charge < -0.3 is 14.8 Å². The van der Waals surface area contributed by atoms with E-state index < -0.39 is 6.09 Å². The minimum Gasteiger partial charge on any atom is -0.496 e. The Kier molecular flexibility index (Phi) is 5.30. The van der Waals surface area contributed by atoms with Gasteiger partial charge in [0.05, 0.1) is 19.4 Å². The molecule has 2 atom stereocenters. The van der Waals surface area contributed by atoms with E-state index in [-0.39, 0.29) is 0 Å². The molecule has 0 aromatic heterocycles. The molecule has 0 saturated carbocycles. The van der Waals surface area contributed by atoms with Crippen molar-refractivity contribution in [3.63, 3.8) is 0 Å². The predicted octanol–water partition coefficient (Wildman–Crippen LogP) is 4.44. The van der Waals surface area contributed by atoms with Gasteiger partial charge in [0, 0.05) is 23.2 Å². The summed E-state index contributed by atoms with van der Waals surface area (Å²) < 4.78 is 11.0. The van der Waals surface area contributed by atoms with E-state index in [1.54, 1.807) is 7.11 Å². The number of carbonyl (C=O) groups is 1. The van der Waals surface area contributed by atoms with Crippen LogP contribution in [0.4, 0.5) is 10.5 Å². The fourth-order valence-corrected chi connectivity index (χ4v) is 4.34. The fraction of sp³-hybridized carbons (Fsp3) is 0.409. The van der Waals surface area contributed by atoms with Crippen LogP contribution in [0, 0.1) is 5.92 Å². The molecule has 2 saturated heterocycles. The summed E-state index contributed by atoms with van der Waals surface area (Å²) in [5.74, 6) is 1.23. The van der Waals surface area contributed by atoms with E-state index in [4.69, 9.17) is 9.47 Å². The molecule has 1 amide bonds. The normalized spacial score (nSPS) is 23.7. The van der Waals surface area contributed by atoms with Crippen LogP contribution < -0.4 is 15.4 Å². The highest BCUT2D eigenvalue weighted by atomic mass is 16.5. The Labute approximate surface area is 160 Å². The van der Waals surface area contributed by atoms with Gasteiger partial charge in [-0.1, -0.05) is 36.4 Å². The summed E-state index contributed by atoms with van der Waals surface area (Å²) in [5.41, 5.74) is 2.56. The average Bonchev–Trinajstić information content (AvgIpc) is 3.05. The lowest BCUT2D eigenvalue weighted by molar-refractivity contribution is 0.122. The molecular weight excluding hydrogens is 340 g/mol. The van der Waals surface area contributed by atoms with E-state index in [2.05, 4.69) is 10.6 Å². The van der Waals surface area contributed by atoms with Crippen LogP contribution in [0.15, 0.2) is 48.5 Å².